The summed E-state index contributed by atoms with van der Waals surface area (Å²) in [5, 5.41) is 9.26. The summed E-state index contributed by atoms with van der Waals surface area (Å²) in [6.45, 7) is 2.82. The van der Waals surface area contributed by atoms with E-state index in [9.17, 15) is 5.11 Å². The summed E-state index contributed by atoms with van der Waals surface area (Å²) < 4.78 is 5.01. The molecule has 0 heterocycles. The summed E-state index contributed by atoms with van der Waals surface area (Å²) >= 11 is 0. The highest BCUT2D eigenvalue weighted by atomic mass is 16.5. The van der Waals surface area contributed by atoms with Gasteiger partial charge in [0.15, 0.2) is 0 Å². The van der Waals surface area contributed by atoms with Crippen molar-refractivity contribution in [2.45, 2.75) is 19.8 Å². The zero-order chi connectivity index (χ0) is 9.68. The van der Waals surface area contributed by atoms with E-state index >= 15 is 0 Å². The first-order valence-corrected chi connectivity index (χ1v) is 4.57. The maximum absolute atomic E-state index is 9.26. The summed E-state index contributed by atoms with van der Waals surface area (Å²) in [6, 6.07) is 5.52. The first kappa shape index (κ1) is 10.1. The van der Waals surface area contributed by atoms with E-state index in [1.165, 1.54) is 11.1 Å². The Morgan fingerprint density at radius 1 is 1.31 bits per heavy atom. The van der Waals surface area contributed by atoms with Gasteiger partial charge in [-0.1, -0.05) is 13.0 Å². The van der Waals surface area contributed by atoms with Gasteiger partial charge in [0.2, 0.25) is 0 Å². The highest BCUT2D eigenvalue weighted by molar-refractivity contribution is 5.34. The number of phenols is 1. The fraction of sp³-hybridized carbons (Fsp3) is 0.455. The Morgan fingerprint density at radius 2 is 2.08 bits per heavy atom. The second-order valence-electron chi connectivity index (χ2n) is 3.05. The van der Waals surface area contributed by atoms with Crippen LogP contribution in [0.4, 0.5) is 0 Å². The standard InChI is InChI=1S/C11H16O2/c1-3-9-8-11(12)5-4-10(9)6-7-13-2/h4-5,8,12H,3,6-7H2,1-2H3. The van der Waals surface area contributed by atoms with Gasteiger partial charge in [-0.15, -0.1) is 0 Å². The molecule has 1 rings (SSSR count). The molecule has 2 heteroatoms. The van der Waals surface area contributed by atoms with Gasteiger partial charge in [-0.2, -0.15) is 0 Å². The molecule has 0 saturated heterocycles. The van der Waals surface area contributed by atoms with Crippen molar-refractivity contribution in [3.8, 4) is 5.75 Å². The zero-order valence-electron chi connectivity index (χ0n) is 8.21. The molecule has 0 aliphatic rings. The van der Waals surface area contributed by atoms with Gasteiger partial charge in [0.25, 0.3) is 0 Å². The summed E-state index contributed by atoms with van der Waals surface area (Å²) in [7, 11) is 1.70. The zero-order valence-corrected chi connectivity index (χ0v) is 8.21. The smallest absolute Gasteiger partial charge is 0.115 e. The lowest BCUT2D eigenvalue weighted by molar-refractivity contribution is 0.202. The molecular formula is C11H16O2. The van der Waals surface area contributed by atoms with Crippen LogP contribution in [0, 0.1) is 0 Å². The van der Waals surface area contributed by atoms with Crippen molar-refractivity contribution in [3.05, 3.63) is 29.3 Å². The predicted molar refractivity (Wildman–Crippen MR) is 53.1 cm³/mol. The van der Waals surface area contributed by atoms with Crippen LogP contribution in [0.1, 0.15) is 18.1 Å². The van der Waals surface area contributed by atoms with Crippen LogP contribution in [0.2, 0.25) is 0 Å². The molecule has 1 aromatic rings. The summed E-state index contributed by atoms with van der Waals surface area (Å²) in [5.41, 5.74) is 2.47. The van der Waals surface area contributed by atoms with Gasteiger partial charge in [-0.3, -0.25) is 0 Å². The summed E-state index contributed by atoms with van der Waals surface area (Å²) in [4.78, 5) is 0. The molecule has 2 nitrogen and oxygen atoms in total. The van der Waals surface area contributed by atoms with Crippen LogP contribution in [-0.4, -0.2) is 18.8 Å². The maximum atomic E-state index is 9.26. The minimum Gasteiger partial charge on any atom is -0.508 e. The Labute approximate surface area is 79.2 Å². The molecule has 0 fully saturated rings. The predicted octanol–water partition coefficient (Wildman–Crippen LogP) is 2.14. The summed E-state index contributed by atoms with van der Waals surface area (Å²) in [6.07, 6.45) is 1.87. The monoisotopic (exact) mass is 180 g/mol. The van der Waals surface area contributed by atoms with Crippen molar-refractivity contribution in [3.63, 3.8) is 0 Å². The average molecular weight is 180 g/mol. The Kier molecular flexibility index (Phi) is 3.77. The number of hydrogen-bond donors (Lipinski definition) is 1. The minimum atomic E-state index is 0.345. The average Bonchev–Trinajstić information content (AvgIpc) is 2.16. The van der Waals surface area contributed by atoms with Crippen LogP contribution in [0.15, 0.2) is 18.2 Å². The van der Waals surface area contributed by atoms with E-state index in [-0.39, 0.29) is 0 Å². The Balaban J connectivity index is 2.79. The number of rotatable bonds is 4. The molecule has 0 spiro atoms. The van der Waals surface area contributed by atoms with Gasteiger partial charge in [-0.05, 0) is 36.1 Å². The number of benzene rings is 1. The molecule has 0 unspecified atom stereocenters. The molecule has 0 aliphatic carbocycles. The van der Waals surface area contributed by atoms with Crippen molar-refractivity contribution in [1.82, 2.24) is 0 Å². The third kappa shape index (κ3) is 2.74. The van der Waals surface area contributed by atoms with E-state index in [4.69, 9.17) is 4.74 Å². The third-order valence-corrected chi connectivity index (χ3v) is 2.15. The molecule has 1 aromatic carbocycles. The SMILES string of the molecule is CCc1cc(O)ccc1CCOC. The number of aromatic hydroxyl groups is 1. The lowest BCUT2D eigenvalue weighted by Crippen LogP contribution is -1.98. The minimum absolute atomic E-state index is 0.345. The molecule has 0 amide bonds. The van der Waals surface area contributed by atoms with Gasteiger partial charge in [0.1, 0.15) is 5.75 Å². The molecular weight excluding hydrogens is 164 g/mol. The van der Waals surface area contributed by atoms with Gasteiger partial charge >= 0.3 is 0 Å². The Morgan fingerprint density at radius 3 is 2.69 bits per heavy atom. The van der Waals surface area contributed by atoms with Crippen LogP contribution in [-0.2, 0) is 17.6 Å². The molecule has 1 N–H and O–H groups in total. The van der Waals surface area contributed by atoms with Crippen molar-refractivity contribution >= 4 is 0 Å². The highest BCUT2D eigenvalue weighted by Crippen LogP contribution is 2.17. The molecule has 0 saturated carbocycles. The van der Waals surface area contributed by atoms with Crippen LogP contribution in [0.5, 0.6) is 5.75 Å². The van der Waals surface area contributed by atoms with Crippen LogP contribution in [0.25, 0.3) is 0 Å². The number of methoxy groups -OCH3 is 1. The molecule has 0 radical (unpaired) electrons. The Bertz CT molecular complexity index is 269. The second-order valence-corrected chi connectivity index (χ2v) is 3.05. The topological polar surface area (TPSA) is 29.5 Å². The fourth-order valence-corrected chi connectivity index (χ4v) is 1.40. The van der Waals surface area contributed by atoms with Crippen LogP contribution < -0.4 is 0 Å². The third-order valence-electron chi connectivity index (χ3n) is 2.15. The first-order valence-electron chi connectivity index (χ1n) is 4.57. The second kappa shape index (κ2) is 4.87. The lowest BCUT2D eigenvalue weighted by atomic mass is 10.0. The van der Waals surface area contributed by atoms with Gasteiger partial charge < -0.3 is 9.84 Å². The van der Waals surface area contributed by atoms with E-state index in [1.807, 2.05) is 12.1 Å². The first-order chi connectivity index (χ1) is 6.27. The van der Waals surface area contributed by atoms with Crippen molar-refractivity contribution in [2.24, 2.45) is 0 Å². The molecule has 72 valence electrons. The number of hydrogen-bond acceptors (Lipinski definition) is 2. The highest BCUT2D eigenvalue weighted by Gasteiger charge is 2.01. The molecule has 0 atom stereocenters. The van der Waals surface area contributed by atoms with Crippen LogP contribution in [0.3, 0.4) is 0 Å². The van der Waals surface area contributed by atoms with E-state index < -0.39 is 0 Å². The number of aryl methyl sites for hydroxylation is 1. The molecule has 13 heavy (non-hydrogen) atoms. The molecule has 0 aromatic heterocycles. The van der Waals surface area contributed by atoms with Gasteiger partial charge in [0, 0.05) is 7.11 Å². The van der Waals surface area contributed by atoms with E-state index in [2.05, 4.69) is 6.92 Å². The van der Waals surface area contributed by atoms with Crippen LogP contribution >= 0.6 is 0 Å². The van der Waals surface area contributed by atoms with E-state index in [0.717, 1.165) is 19.4 Å². The quantitative estimate of drug-likeness (QED) is 0.769. The maximum Gasteiger partial charge on any atom is 0.115 e. The fourth-order valence-electron chi connectivity index (χ4n) is 1.40. The largest absolute Gasteiger partial charge is 0.508 e. The van der Waals surface area contributed by atoms with Gasteiger partial charge in [-0.25, -0.2) is 0 Å². The molecule has 0 bridgehead atoms. The lowest BCUT2D eigenvalue weighted by Gasteiger charge is -2.07. The molecule has 0 aliphatic heterocycles. The van der Waals surface area contributed by atoms with E-state index in [0.29, 0.717) is 5.75 Å². The normalized spacial score (nSPS) is 10.3. The van der Waals surface area contributed by atoms with E-state index in [1.54, 1.807) is 13.2 Å². The van der Waals surface area contributed by atoms with Crippen molar-refractivity contribution in [1.29, 1.82) is 0 Å². The summed E-state index contributed by atoms with van der Waals surface area (Å²) in [5.74, 6) is 0.345. The van der Waals surface area contributed by atoms with Gasteiger partial charge in [0.05, 0.1) is 6.61 Å². The van der Waals surface area contributed by atoms with Crippen molar-refractivity contribution in [2.75, 3.05) is 13.7 Å². The Hall–Kier alpha value is -1.02. The van der Waals surface area contributed by atoms with Crippen molar-refractivity contribution < 1.29 is 9.84 Å². The number of ether oxygens (including phenoxy) is 1. The number of phenolic OH excluding ortho intramolecular Hbond substituents is 1.